The molecule has 2 aromatic rings. The average Bonchev–Trinajstić information content (AvgIpc) is 2.75. The van der Waals surface area contributed by atoms with Crippen LogP contribution in [0.2, 0.25) is 0 Å². The van der Waals surface area contributed by atoms with Gasteiger partial charge in [-0.15, -0.1) is 0 Å². The van der Waals surface area contributed by atoms with E-state index in [0.29, 0.717) is 11.3 Å². The minimum absolute atomic E-state index is 0.0140. The molecular formula is C14H14N2O. The Kier molecular flexibility index (Phi) is 2.97. The Morgan fingerprint density at radius 3 is 2.94 bits per heavy atom. The Hall–Kier alpha value is -2.08. The predicted molar refractivity (Wildman–Crippen MR) is 65.9 cm³/mol. The third kappa shape index (κ3) is 1.83. The first-order chi connectivity index (χ1) is 8.19. The van der Waals surface area contributed by atoms with Crippen molar-refractivity contribution in [2.24, 2.45) is 5.92 Å². The van der Waals surface area contributed by atoms with Crippen LogP contribution in [0.15, 0.2) is 30.5 Å². The smallest absolute Gasteiger partial charge is 0.182 e. The van der Waals surface area contributed by atoms with Crippen LogP contribution in [0.4, 0.5) is 0 Å². The van der Waals surface area contributed by atoms with Crippen molar-refractivity contribution in [3.63, 3.8) is 0 Å². The molecule has 17 heavy (non-hydrogen) atoms. The first kappa shape index (κ1) is 11.4. The van der Waals surface area contributed by atoms with Gasteiger partial charge in [0.15, 0.2) is 5.78 Å². The summed E-state index contributed by atoms with van der Waals surface area (Å²) in [6, 6.07) is 9.40. The molecule has 0 saturated heterocycles. The normalized spacial score (nSPS) is 12.3. The van der Waals surface area contributed by atoms with E-state index in [1.165, 1.54) is 0 Å². The summed E-state index contributed by atoms with van der Waals surface area (Å²) in [6.07, 6.45) is 2.63. The van der Waals surface area contributed by atoms with Gasteiger partial charge in [-0.1, -0.05) is 19.9 Å². The second kappa shape index (κ2) is 4.42. The highest BCUT2D eigenvalue weighted by molar-refractivity contribution is 5.98. The fraction of sp³-hybridized carbons (Fsp3) is 0.286. The lowest BCUT2D eigenvalue weighted by atomic mass is 10.0. The first-order valence-electron chi connectivity index (χ1n) is 5.73. The average molecular weight is 226 g/mol. The molecule has 1 unspecified atom stereocenters. The van der Waals surface area contributed by atoms with Crippen molar-refractivity contribution >= 4 is 11.3 Å². The number of nitriles is 1. The van der Waals surface area contributed by atoms with E-state index in [0.717, 1.165) is 11.9 Å². The summed E-state index contributed by atoms with van der Waals surface area (Å²) < 4.78 is 1.80. The van der Waals surface area contributed by atoms with Gasteiger partial charge in [0.25, 0.3) is 0 Å². The third-order valence-corrected chi connectivity index (χ3v) is 3.11. The lowest BCUT2D eigenvalue weighted by molar-refractivity contribution is 0.0921. The zero-order chi connectivity index (χ0) is 12.4. The van der Waals surface area contributed by atoms with Gasteiger partial charge < -0.3 is 4.40 Å². The van der Waals surface area contributed by atoms with Gasteiger partial charge in [0.2, 0.25) is 0 Å². The summed E-state index contributed by atoms with van der Waals surface area (Å²) >= 11 is 0. The van der Waals surface area contributed by atoms with Gasteiger partial charge in [0.05, 0.1) is 16.8 Å². The molecule has 0 aliphatic carbocycles. The number of hydrogen-bond donors (Lipinski definition) is 0. The topological polar surface area (TPSA) is 45.3 Å². The van der Waals surface area contributed by atoms with E-state index in [9.17, 15) is 4.79 Å². The van der Waals surface area contributed by atoms with Gasteiger partial charge in [0, 0.05) is 12.1 Å². The van der Waals surface area contributed by atoms with Gasteiger partial charge in [-0.3, -0.25) is 4.79 Å². The summed E-state index contributed by atoms with van der Waals surface area (Å²) in [5.41, 5.74) is 1.95. The first-order valence-corrected chi connectivity index (χ1v) is 5.73. The number of hydrogen-bond acceptors (Lipinski definition) is 2. The number of nitrogens with zero attached hydrogens (tertiary/aromatic N) is 2. The highest BCUT2D eigenvalue weighted by Crippen LogP contribution is 2.19. The second-order valence-electron chi connectivity index (χ2n) is 4.18. The van der Waals surface area contributed by atoms with E-state index in [1.807, 2.05) is 38.2 Å². The number of rotatable bonds is 3. The van der Waals surface area contributed by atoms with Crippen molar-refractivity contribution in [3.05, 3.63) is 41.7 Å². The minimum atomic E-state index is -0.0140. The van der Waals surface area contributed by atoms with Crippen LogP contribution in [0.1, 0.15) is 36.3 Å². The van der Waals surface area contributed by atoms with Crippen molar-refractivity contribution in [2.45, 2.75) is 20.3 Å². The fourth-order valence-electron chi connectivity index (χ4n) is 1.87. The fourth-order valence-corrected chi connectivity index (χ4v) is 1.87. The van der Waals surface area contributed by atoms with Gasteiger partial charge >= 0.3 is 0 Å². The van der Waals surface area contributed by atoms with Crippen LogP contribution in [-0.4, -0.2) is 10.2 Å². The van der Waals surface area contributed by atoms with Crippen LogP contribution in [0.25, 0.3) is 5.52 Å². The van der Waals surface area contributed by atoms with E-state index in [4.69, 9.17) is 5.26 Å². The maximum Gasteiger partial charge on any atom is 0.182 e. The molecule has 0 saturated carbocycles. The molecule has 86 valence electrons. The molecule has 3 nitrogen and oxygen atoms in total. The minimum Gasteiger partial charge on any atom is -0.313 e. The second-order valence-corrected chi connectivity index (χ2v) is 4.18. The molecule has 0 spiro atoms. The van der Waals surface area contributed by atoms with E-state index in [2.05, 4.69) is 6.07 Å². The van der Waals surface area contributed by atoms with E-state index in [1.54, 1.807) is 10.5 Å². The van der Waals surface area contributed by atoms with Crippen LogP contribution >= 0.6 is 0 Å². The summed E-state index contributed by atoms with van der Waals surface area (Å²) in [7, 11) is 0. The standard InChI is InChI=1S/C14H14N2O/c1-3-10(2)14(17)13-8-11(9-15)12-6-4-5-7-16(12)13/h4-8,10H,3H2,1-2H3. The van der Waals surface area contributed by atoms with Crippen LogP contribution in [0.3, 0.4) is 0 Å². The zero-order valence-electron chi connectivity index (χ0n) is 9.97. The van der Waals surface area contributed by atoms with Crippen LogP contribution in [0.5, 0.6) is 0 Å². The SMILES string of the molecule is CCC(C)C(=O)c1cc(C#N)c2ccccn12. The monoisotopic (exact) mass is 226 g/mol. The number of fused-ring (bicyclic) bond motifs is 1. The van der Waals surface area contributed by atoms with Crippen LogP contribution in [-0.2, 0) is 0 Å². The van der Waals surface area contributed by atoms with Crippen molar-refractivity contribution in [1.82, 2.24) is 4.40 Å². The molecule has 0 N–H and O–H groups in total. The molecule has 0 amide bonds. The number of aromatic nitrogens is 1. The summed E-state index contributed by atoms with van der Waals surface area (Å²) in [5, 5.41) is 9.05. The molecule has 0 aromatic carbocycles. The molecule has 0 aliphatic heterocycles. The number of carbonyl (C=O) groups excluding carboxylic acids is 1. The van der Waals surface area contributed by atoms with Crippen molar-refractivity contribution in [2.75, 3.05) is 0 Å². The van der Waals surface area contributed by atoms with Gasteiger partial charge in [-0.05, 0) is 24.6 Å². The highest BCUT2D eigenvalue weighted by Gasteiger charge is 2.18. The number of carbonyl (C=O) groups is 1. The Labute approximate surface area is 100 Å². The lowest BCUT2D eigenvalue weighted by Gasteiger charge is -2.07. The Balaban J connectivity index is 2.63. The molecule has 1 atom stereocenters. The van der Waals surface area contributed by atoms with E-state index >= 15 is 0 Å². The largest absolute Gasteiger partial charge is 0.313 e. The summed E-state index contributed by atoms with van der Waals surface area (Å²) in [5.74, 6) is 0.0787. The number of ketones is 1. The molecule has 2 aromatic heterocycles. The molecule has 0 fully saturated rings. The molecule has 0 aliphatic rings. The van der Waals surface area contributed by atoms with Crippen molar-refractivity contribution in [3.8, 4) is 6.07 Å². The van der Waals surface area contributed by atoms with Crippen molar-refractivity contribution in [1.29, 1.82) is 5.26 Å². The molecule has 2 rings (SSSR count). The van der Waals surface area contributed by atoms with E-state index in [-0.39, 0.29) is 11.7 Å². The molecule has 3 heteroatoms. The Morgan fingerprint density at radius 1 is 1.53 bits per heavy atom. The summed E-state index contributed by atoms with van der Waals surface area (Å²) in [6.45, 7) is 3.90. The van der Waals surface area contributed by atoms with Crippen molar-refractivity contribution < 1.29 is 4.79 Å². The van der Waals surface area contributed by atoms with Gasteiger partial charge in [-0.25, -0.2) is 0 Å². The number of pyridine rings is 1. The summed E-state index contributed by atoms with van der Waals surface area (Å²) in [4.78, 5) is 12.2. The lowest BCUT2D eigenvalue weighted by Crippen LogP contribution is -2.12. The molecule has 2 heterocycles. The maximum atomic E-state index is 12.2. The molecule has 0 bridgehead atoms. The van der Waals surface area contributed by atoms with Crippen LogP contribution in [0, 0.1) is 17.2 Å². The Morgan fingerprint density at radius 2 is 2.29 bits per heavy atom. The quantitative estimate of drug-likeness (QED) is 0.755. The Bertz CT molecular complexity index is 604. The van der Waals surface area contributed by atoms with Gasteiger partial charge in [0.1, 0.15) is 6.07 Å². The molecular weight excluding hydrogens is 212 g/mol. The highest BCUT2D eigenvalue weighted by atomic mass is 16.1. The number of Topliss-reactive ketones (excluding diaryl/α,β-unsaturated/α-hetero) is 1. The predicted octanol–water partition coefficient (Wildman–Crippen LogP) is 3.04. The van der Waals surface area contributed by atoms with E-state index < -0.39 is 0 Å². The van der Waals surface area contributed by atoms with Crippen LogP contribution < -0.4 is 0 Å². The maximum absolute atomic E-state index is 12.2. The zero-order valence-corrected chi connectivity index (χ0v) is 9.97. The third-order valence-electron chi connectivity index (χ3n) is 3.11. The molecule has 0 radical (unpaired) electrons. The van der Waals surface area contributed by atoms with Gasteiger partial charge in [-0.2, -0.15) is 5.26 Å².